The van der Waals surface area contributed by atoms with Crippen molar-refractivity contribution in [3.05, 3.63) is 53.9 Å². The Balaban J connectivity index is 2.15. The minimum absolute atomic E-state index is 0.00556. The van der Waals surface area contributed by atoms with Gasteiger partial charge < -0.3 is 5.73 Å². The molecular formula is C13H12N4O2S. The maximum Gasteiger partial charge on any atom is 0.242 e. The molecule has 1 heterocycles. The van der Waals surface area contributed by atoms with Crippen LogP contribution in [-0.2, 0) is 16.6 Å². The number of rotatable bonds is 4. The Morgan fingerprint density at radius 3 is 2.60 bits per heavy atom. The molecule has 1 aromatic carbocycles. The summed E-state index contributed by atoms with van der Waals surface area (Å²) in [5.74, 6) is 0. The number of hydrogen-bond acceptors (Lipinski definition) is 5. The zero-order valence-electron chi connectivity index (χ0n) is 10.4. The van der Waals surface area contributed by atoms with Crippen LogP contribution in [0.5, 0.6) is 0 Å². The highest BCUT2D eigenvalue weighted by atomic mass is 32.2. The Bertz CT molecular complexity index is 749. The second-order valence-corrected chi connectivity index (χ2v) is 5.78. The predicted molar refractivity (Wildman–Crippen MR) is 73.8 cm³/mol. The molecule has 2 rings (SSSR count). The van der Waals surface area contributed by atoms with Crippen LogP contribution in [0.1, 0.15) is 11.3 Å². The van der Waals surface area contributed by atoms with Crippen molar-refractivity contribution in [3.8, 4) is 6.07 Å². The number of nitrogens with zero attached hydrogens (tertiary/aromatic N) is 2. The second-order valence-electron chi connectivity index (χ2n) is 4.01. The first-order valence-corrected chi connectivity index (χ1v) is 7.20. The lowest BCUT2D eigenvalue weighted by Gasteiger charge is -2.08. The number of anilines is 1. The van der Waals surface area contributed by atoms with E-state index >= 15 is 0 Å². The summed E-state index contributed by atoms with van der Waals surface area (Å²) in [6, 6.07) is 11.5. The molecule has 1 aromatic heterocycles. The van der Waals surface area contributed by atoms with E-state index in [0.29, 0.717) is 11.3 Å². The standard InChI is InChI=1S/C13H12N4O2S/c14-7-11-5-6-12(9-16-11)20(18,19)17-8-10-3-1-2-4-13(10)15/h1-6,9,17H,8,15H2. The molecule has 0 bridgehead atoms. The van der Waals surface area contributed by atoms with E-state index in [2.05, 4.69) is 9.71 Å². The van der Waals surface area contributed by atoms with Crippen molar-refractivity contribution in [2.75, 3.05) is 5.73 Å². The summed E-state index contributed by atoms with van der Waals surface area (Å²) >= 11 is 0. The van der Waals surface area contributed by atoms with E-state index in [1.165, 1.54) is 12.1 Å². The summed E-state index contributed by atoms with van der Waals surface area (Å²) in [5.41, 5.74) is 7.12. The van der Waals surface area contributed by atoms with E-state index in [9.17, 15) is 8.42 Å². The summed E-state index contributed by atoms with van der Waals surface area (Å²) in [6.07, 6.45) is 1.15. The second kappa shape index (κ2) is 5.69. The number of nitrogens with one attached hydrogen (secondary N) is 1. The number of hydrogen-bond donors (Lipinski definition) is 2. The molecule has 0 saturated heterocycles. The van der Waals surface area contributed by atoms with Crippen molar-refractivity contribution in [2.45, 2.75) is 11.4 Å². The van der Waals surface area contributed by atoms with Crippen LogP contribution in [0.3, 0.4) is 0 Å². The van der Waals surface area contributed by atoms with E-state index in [1.54, 1.807) is 24.3 Å². The first-order valence-electron chi connectivity index (χ1n) is 5.72. The summed E-state index contributed by atoms with van der Waals surface area (Å²) in [6.45, 7) is 0.0923. The number of pyridine rings is 1. The lowest BCUT2D eigenvalue weighted by molar-refractivity contribution is 0.581. The number of sulfonamides is 1. The SMILES string of the molecule is N#Cc1ccc(S(=O)(=O)NCc2ccccc2N)cn1. The normalized spacial score (nSPS) is 10.9. The number of benzene rings is 1. The van der Waals surface area contributed by atoms with Gasteiger partial charge in [-0.25, -0.2) is 18.1 Å². The average Bonchev–Trinajstić information content (AvgIpc) is 2.46. The van der Waals surface area contributed by atoms with Crippen molar-refractivity contribution >= 4 is 15.7 Å². The van der Waals surface area contributed by atoms with E-state index < -0.39 is 10.0 Å². The monoisotopic (exact) mass is 288 g/mol. The topological polar surface area (TPSA) is 109 Å². The van der Waals surface area contributed by atoms with Crippen LogP contribution >= 0.6 is 0 Å². The average molecular weight is 288 g/mol. The van der Waals surface area contributed by atoms with Gasteiger partial charge in [-0.3, -0.25) is 0 Å². The van der Waals surface area contributed by atoms with Crippen LogP contribution in [0.25, 0.3) is 0 Å². The Kier molecular flexibility index (Phi) is 3.98. The van der Waals surface area contributed by atoms with Crippen LogP contribution in [0, 0.1) is 11.3 Å². The maximum atomic E-state index is 12.0. The van der Waals surface area contributed by atoms with Gasteiger partial charge in [0.15, 0.2) is 0 Å². The molecule has 0 amide bonds. The molecular weight excluding hydrogens is 276 g/mol. The minimum Gasteiger partial charge on any atom is -0.398 e. The van der Waals surface area contributed by atoms with Crippen LogP contribution < -0.4 is 10.5 Å². The third-order valence-electron chi connectivity index (χ3n) is 2.67. The van der Waals surface area contributed by atoms with Crippen molar-refractivity contribution in [1.29, 1.82) is 5.26 Å². The molecule has 0 unspecified atom stereocenters. The molecule has 0 saturated carbocycles. The molecule has 2 aromatic rings. The zero-order chi connectivity index (χ0) is 14.6. The molecule has 20 heavy (non-hydrogen) atoms. The lowest BCUT2D eigenvalue weighted by Crippen LogP contribution is -2.23. The lowest BCUT2D eigenvalue weighted by atomic mass is 10.2. The highest BCUT2D eigenvalue weighted by Gasteiger charge is 2.14. The summed E-state index contributed by atoms with van der Waals surface area (Å²) in [4.78, 5) is 3.74. The van der Waals surface area contributed by atoms with Crippen LogP contribution in [0.4, 0.5) is 5.69 Å². The highest BCUT2D eigenvalue weighted by Crippen LogP contribution is 2.12. The number of aromatic nitrogens is 1. The van der Waals surface area contributed by atoms with Gasteiger partial charge in [-0.15, -0.1) is 0 Å². The molecule has 0 aliphatic carbocycles. The number of para-hydroxylation sites is 1. The van der Waals surface area contributed by atoms with Crippen LogP contribution in [-0.4, -0.2) is 13.4 Å². The van der Waals surface area contributed by atoms with Crippen LogP contribution in [0.2, 0.25) is 0 Å². The van der Waals surface area contributed by atoms with Gasteiger partial charge in [0.05, 0.1) is 0 Å². The highest BCUT2D eigenvalue weighted by molar-refractivity contribution is 7.89. The molecule has 0 atom stereocenters. The van der Waals surface area contributed by atoms with Gasteiger partial charge in [0.1, 0.15) is 16.7 Å². The summed E-state index contributed by atoms with van der Waals surface area (Å²) < 4.78 is 26.5. The number of nitriles is 1. The third kappa shape index (κ3) is 3.12. The number of nitrogens with two attached hydrogens (primary N) is 1. The smallest absolute Gasteiger partial charge is 0.242 e. The van der Waals surface area contributed by atoms with E-state index in [-0.39, 0.29) is 17.1 Å². The number of nitrogen functional groups attached to an aromatic ring is 1. The Labute approximate surface area is 116 Å². The van der Waals surface area contributed by atoms with Crippen molar-refractivity contribution in [1.82, 2.24) is 9.71 Å². The van der Waals surface area contributed by atoms with Gasteiger partial charge in [-0.05, 0) is 23.8 Å². The molecule has 102 valence electrons. The molecule has 0 aliphatic heterocycles. The molecule has 0 radical (unpaired) electrons. The zero-order valence-corrected chi connectivity index (χ0v) is 11.3. The largest absolute Gasteiger partial charge is 0.398 e. The summed E-state index contributed by atoms with van der Waals surface area (Å²) in [7, 11) is -3.68. The van der Waals surface area contributed by atoms with Gasteiger partial charge >= 0.3 is 0 Å². The maximum absolute atomic E-state index is 12.0. The van der Waals surface area contributed by atoms with Crippen molar-refractivity contribution in [2.24, 2.45) is 0 Å². The van der Waals surface area contributed by atoms with Crippen molar-refractivity contribution in [3.63, 3.8) is 0 Å². The Morgan fingerprint density at radius 1 is 1.25 bits per heavy atom. The van der Waals surface area contributed by atoms with Gasteiger partial charge in [-0.1, -0.05) is 18.2 Å². The van der Waals surface area contributed by atoms with Gasteiger partial charge in [0.25, 0.3) is 0 Å². The van der Waals surface area contributed by atoms with E-state index in [4.69, 9.17) is 11.0 Å². The molecule has 6 nitrogen and oxygen atoms in total. The summed E-state index contributed by atoms with van der Waals surface area (Å²) in [5, 5.41) is 8.62. The fraction of sp³-hybridized carbons (Fsp3) is 0.0769. The molecule has 7 heteroatoms. The quantitative estimate of drug-likeness (QED) is 0.816. The molecule has 3 N–H and O–H groups in total. The Morgan fingerprint density at radius 2 is 2.00 bits per heavy atom. The molecule has 0 spiro atoms. The van der Waals surface area contributed by atoms with Gasteiger partial charge in [0.2, 0.25) is 10.0 Å². The first kappa shape index (κ1) is 14.0. The van der Waals surface area contributed by atoms with E-state index in [1.807, 2.05) is 6.07 Å². The fourth-order valence-electron chi connectivity index (χ4n) is 1.56. The Hall–Kier alpha value is -2.43. The fourth-order valence-corrected chi connectivity index (χ4v) is 2.51. The van der Waals surface area contributed by atoms with E-state index in [0.717, 1.165) is 6.20 Å². The van der Waals surface area contributed by atoms with Crippen LogP contribution in [0.15, 0.2) is 47.5 Å². The van der Waals surface area contributed by atoms with Crippen molar-refractivity contribution < 1.29 is 8.42 Å². The predicted octanol–water partition coefficient (Wildman–Crippen LogP) is 1.01. The minimum atomic E-state index is -3.68. The molecule has 0 aliphatic rings. The third-order valence-corrected chi connectivity index (χ3v) is 4.06. The van der Waals surface area contributed by atoms with Gasteiger partial charge in [0, 0.05) is 18.4 Å². The molecule has 0 fully saturated rings. The first-order chi connectivity index (χ1) is 9.53. The van der Waals surface area contributed by atoms with Gasteiger partial charge in [-0.2, -0.15) is 5.26 Å².